The van der Waals surface area contributed by atoms with Gasteiger partial charge >= 0.3 is 21.1 Å². The zero-order valence-corrected chi connectivity index (χ0v) is 18.7. The average Bonchev–Trinajstić information content (AvgIpc) is 3.37. The van der Waals surface area contributed by atoms with Crippen LogP contribution in [0.3, 0.4) is 0 Å². The summed E-state index contributed by atoms with van der Waals surface area (Å²) in [5.41, 5.74) is 0.0434. The summed E-state index contributed by atoms with van der Waals surface area (Å²) in [5, 5.41) is 7.84. The Morgan fingerprint density at radius 1 is 0.806 bits per heavy atom. The molecule has 4 heterocycles. The van der Waals surface area contributed by atoms with Crippen molar-refractivity contribution < 1.29 is 55.8 Å². The molecule has 0 fully saturated rings. The first kappa shape index (κ1) is 22.9. The van der Waals surface area contributed by atoms with Crippen LogP contribution in [0.2, 0.25) is 0 Å². The maximum atomic E-state index is 11.2. The van der Waals surface area contributed by atoms with Gasteiger partial charge in [0.2, 0.25) is 5.82 Å². The summed E-state index contributed by atoms with van der Waals surface area (Å²) in [5.74, 6) is -0.357. The van der Waals surface area contributed by atoms with Crippen molar-refractivity contribution in [1.29, 1.82) is 0 Å². The van der Waals surface area contributed by atoms with Gasteiger partial charge in [-0.05, 0) is 12.1 Å². The number of furan rings is 2. The Kier molecular flexibility index (Phi) is 6.20. The molecule has 0 aromatic carbocycles. The van der Waals surface area contributed by atoms with E-state index in [0.29, 0.717) is 12.0 Å². The molecule has 0 amide bonds. The van der Waals surface area contributed by atoms with Gasteiger partial charge < -0.3 is 17.9 Å². The van der Waals surface area contributed by atoms with Crippen molar-refractivity contribution in [3.8, 4) is 34.4 Å². The van der Waals surface area contributed by atoms with Gasteiger partial charge in [0, 0.05) is 18.3 Å². The Morgan fingerprint density at radius 3 is 1.87 bits per heavy atom. The summed E-state index contributed by atoms with van der Waals surface area (Å²) in [7, 11) is -9.61. The molecule has 0 radical (unpaired) electrons. The first-order chi connectivity index (χ1) is 14.1. The molecule has 4 aromatic heterocycles. The van der Waals surface area contributed by atoms with E-state index in [0.717, 1.165) is 18.4 Å². The molecule has 0 aliphatic carbocycles. The van der Waals surface area contributed by atoms with Crippen LogP contribution in [0.5, 0.6) is 0 Å². The Labute approximate surface area is 189 Å². The van der Waals surface area contributed by atoms with E-state index in [1.165, 1.54) is 6.20 Å². The molecular weight excluding hydrogens is 635 g/mol. The van der Waals surface area contributed by atoms with Gasteiger partial charge in [-0.2, -0.15) is 0 Å². The second-order valence-corrected chi connectivity index (χ2v) is 8.51. The third kappa shape index (κ3) is 4.78. The van der Waals surface area contributed by atoms with Crippen LogP contribution < -0.4 is 0 Å². The van der Waals surface area contributed by atoms with Crippen molar-refractivity contribution in [3.63, 3.8) is 0 Å². The van der Waals surface area contributed by atoms with E-state index in [1.807, 2.05) is 0 Å². The van der Waals surface area contributed by atoms with E-state index < -0.39 is 30.0 Å². The van der Waals surface area contributed by atoms with Crippen molar-refractivity contribution in [2.24, 2.45) is 0 Å². The van der Waals surface area contributed by atoms with E-state index in [4.69, 9.17) is 8.83 Å². The Bertz CT molecular complexity index is 1450. The van der Waals surface area contributed by atoms with Crippen LogP contribution in [0, 0.1) is 0 Å². The van der Waals surface area contributed by atoms with Crippen molar-refractivity contribution in [3.05, 3.63) is 49.1 Å². The minimum atomic E-state index is -4.81. The van der Waals surface area contributed by atoms with E-state index in [9.17, 15) is 25.9 Å². The molecule has 31 heavy (non-hydrogen) atoms. The third-order valence-electron chi connectivity index (χ3n) is 3.78. The summed E-state index contributed by atoms with van der Waals surface area (Å²) in [6.45, 7) is 0. The third-order valence-corrected chi connectivity index (χ3v) is 5.36. The van der Waals surface area contributed by atoms with Crippen molar-refractivity contribution in [2.45, 2.75) is 9.79 Å². The van der Waals surface area contributed by atoms with Crippen LogP contribution in [0.15, 0.2) is 67.7 Å². The van der Waals surface area contributed by atoms with Gasteiger partial charge in [0.25, 0.3) is 0 Å². The molecule has 12 nitrogen and oxygen atoms in total. The molecule has 0 saturated carbocycles. The second-order valence-electron chi connectivity index (χ2n) is 5.75. The number of rotatable bonds is 5. The number of hydrogen-bond acceptors (Lipinski definition) is 12. The summed E-state index contributed by atoms with van der Waals surface area (Å²) in [6, 6.07) is 6.76. The Hall–Kier alpha value is -2.77. The number of nitrogens with zero attached hydrogens (tertiary/aromatic N) is 4. The Balaban J connectivity index is 0.00000272. The van der Waals surface area contributed by atoms with E-state index in [1.54, 1.807) is 18.2 Å². The summed E-state index contributed by atoms with van der Waals surface area (Å²) in [6.07, 6.45) is 2.92. The molecule has 162 valence electrons. The largest absolute Gasteiger partial charge is 2.00 e. The average molecular weight is 643 g/mol. The van der Waals surface area contributed by atoms with Crippen molar-refractivity contribution in [1.82, 2.24) is 20.2 Å². The quantitative estimate of drug-likeness (QED) is 0.283. The van der Waals surface area contributed by atoms with Gasteiger partial charge in [-0.15, -0.1) is 10.2 Å². The zero-order valence-electron chi connectivity index (χ0n) is 14.8. The standard InChI is InChI=1S/C16H10N4O8S2.Pt/c21-29(22,23)9-5-12(27-7-9)14-15(13-6-10(8-28-13)30(24,25)26)19-20-16(18-14)11-3-1-2-4-17-11;/h1-8H,(H,21,22,23)(H,24,25,26);/q;+2/p-2. The minimum Gasteiger partial charge on any atom is -0.744 e. The monoisotopic (exact) mass is 643 g/mol. The number of hydrogen-bond donors (Lipinski definition) is 0. The second kappa shape index (κ2) is 8.40. The fourth-order valence-electron chi connectivity index (χ4n) is 2.42. The molecule has 0 saturated heterocycles. The van der Waals surface area contributed by atoms with E-state index in [2.05, 4.69) is 20.2 Å². The minimum absolute atomic E-state index is 0. The van der Waals surface area contributed by atoms with E-state index in [-0.39, 0.29) is 49.8 Å². The summed E-state index contributed by atoms with van der Waals surface area (Å²) in [4.78, 5) is 7.02. The Morgan fingerprint density at radius 2 is 1.39 bits per heavy atom. The van der Waals surface area contributed by atoms with Gasteiger partial charge in [-0.1, -0.05) is 6.07 Å². The maximum absolute atomic E-state index is 11.2. The van der Waals surface area contributed by atoms with Gasteiger partial charge in [-0.3, -0.25) is 4.98 Å². The van der Waals surface area contributed by atoms with Crippen LogP contribution >= 0.6 is 0 Å². The van der Waals surface area contributed by atoms with Crippen LogP contribution in [0.1, 0.15) is 0 Å². The zero-order chi connectivity index (χ0) is 21.5. The normalized spacial score (nSPS) is 11.8. The van der Waals surface area contributed by atoms with Crippen LogP contribution in [0.4, 0.5) is 0 Å². The first-order valence-electron chi connectivity index (χ1n) is 7.88. The van der Waals surface area contributed by atoms with Crippen LogP contribution in [-0.2, 0) is 41.3 Å². The topological polar surface area (TPSA) is 192 Å². The molecule has 0 spiro atoms. The molecule has 0 bridgehead atoms. The summed E-state index contributed by atoms with van der Waals surface area (Å²) >= 11 is 0. The molecule has 0 N–H and O–H groups in total. The van der Waals surface area contributed by atoms with Gasteiger partial charge in [0.15, 0.2) is 17.2 Å². The van der Waals surface area contributed by atoms with Crippen LogP contribution in [-0.4, -0.2) is 46.1 Å². The SMILES string of the molecule is O=S(=O)([O-])c1coc(-c2nnc(-c3ccccn3)nc2-c2cc(S(=O)(=O)[O-])co2)c1.[Pt+2]. The molecule has 4 aromatic rings. The fraction of sp³-hybridized carbons (Fsp3) is 0. The predicted octanol–water partition coefficient (Wildman–Crippen LogP) is 1.26. The first-order valence-corrected chi connectivity index (χ1v) is 10.7. The maximum Gasteiger partial charge on any atom is 2.00 e. The molecule has 0 atom stereocenters. The summed E-state index contributed by atoms with van der Waals surface area (Å²) < 4.78 is 77.5. The molecule has 0 unspecified atom stereocenters. The molecule has 0 aliphatic heterocycles. The molecule has 0 aliphatic rings. The van der Waals surface area contributed by atoms with Gasteiger partial charge in [0.1, 0.15) is 44.2 Å². The number of aromatic nitrogens is 4. The molecule has 15 heteroatoms. The molecule has 4 rings (SSSR count). The van der Waals surface area contributed by atoms with Crippen LogP contribution in [0.25, 0.3) is 34.4 Å². The fourth-order valence-corrected chi connectivity index (χ4v) is 3.25. The van der Waals surface area contributed by atoms with Gasteiger partial charge in [0.05, 0.1) is 9.79 Å². The smallest absolute Gasteiger partial charge is 0.744 e. The molecular formula is C16H8N4O8PtS2. The van der Waals surface area contributed by atoms with E-state index >= 15 is 0 Å². The van der Waals surface area contributed by atoms with Gasteiger partial charge in [-0.25, -0.2) is 21.8 Å². The number of pyridine rings is 1. The van der Waals surface area contributed by atoms with Crippen molar-refractivity contribution in [2.75, 3.05) is 0 Å². The van der Waals surface area contributed by atoms with Crippen molar-refractivity contribution >= 4 is 20.2 Å². The predicted molar refractivity (Wildman–Crippen MR) is 94.4 cm³/mol.